The van der Waals surface area contributed by atoms with E-state index in [4.69, 9.17) is 5.73 Å². The molecule has 0 fully saturated rings. The molecule has 0 saturated heterocycles. The summed E-state index contributed by atoms with van der Waals surface area (Å²) in [6.45, 7) is 2.97. The number of nitrogens with two attached hydrogens (primary N) is 1. The van der Waals surface area contributed by atoms with Crippen LogP contribution in [0.4, 0.5) is 0 Å². The van der Waals surface area contributed by atoms with E-state index in [0.29, 0.717) is 5.92 Å². The number of pyridine rings is 1. The van der Waals surface area contributed by atoms with Crippen molar-refractivity contribution < 1.29 is 0 Å². The second-order valence-electron chi connectivity index (χ2n) is 4.54. The maximum absolute atomic E-state index is 5.66. The zero-order valence-electron chi connectivity index (χ0n) is 10.8. The number of rotatable bonds is 5. The molecule has 18 heavy (non-hydrogen) atoms. The molecule has 0 amide bonds. The average Bonchev–Trinajstić information content (AvgIpc) is 2.46. The molecular formula is C16H20N2. The third-order valence-corrected chi connectivity index (χ3v) is 3.40. The monoisotopic (exact) mass is 240 g/mol. The third kappa shape index (κ3) is 2.96. The van der Waals surface area contributed by atoms with E-state index in [1.807, 2.05) is 24.5 Å². The Balaban J connectivity index is 2.19. The van der Waals surface area contributed by atoms with Gasteiger partial charge in [-0.15, -0.1) is 0 Å². The maximum atomic E-state index is 5.66. The molecule has 94 valence electrons. The van der Waals surface area contributed by atoms with Crippen molar-refractivity contribution in [3.05, 3.63) is 54.4 Å². The molecular weight excluding hydrogens is 220 g/mol. The molecule has 0 saturated carbocycles. The molecule has 0 spiro atoms. The minimum Gasteiger partial charge on any atom is -0.330 e. The van der Waals surface area contributed by atoms with E-state index in [1.54, 1.807) is 0 Å². The first-order valence-corrected chi connectivity index (χ1v) is 6.55. The fraction of sp³-hybridized carbons (Fsp3) is 0.312. The Morgan fingerprint density at radius 1 is 1.00 bits per heavy atom. The predicted molar refractivity (Wildman–Crippen MR) is 76.4 cm³/mol. The first-order chi connectivity index (χ1) is 8.85. The molecule has 1 heterocycles. The lowest BCUT2D eigenvalue weighted by atomic mass is 9.92. The summed E-state index contributed by atoms with van der Waals surface area (Å²) in [6.07, 6.45) is 5.86. The zero-order chi connectivity index (χ0) is 12.8. The molecule has 2 aromatic rings. The van der Waals surface area contributed by atoms with Crippen molar-refractivity contribution in [2.75, 3.05) is 6.54 Å². The summed E-state index contributed by atoms with van der Waals surface area (Å²) < 4.78 is 0. The number of hydrogen-bond acceptors (Lipinski definition) is 2. The summed E-state index contributed by atoms with van der Waals surface area (Å²) >= 11 is 0. The first kappa shape index (κ1) is 12.8. The lowest BCUT2D eigenvalue weighted by molar-refractivity contribution is 0.614. The van der Waals surface area contributed by atoms with Gasteiger partial charge in [-0.25, -0.2) is 0 Å². The molecule has 0 aliphatic rings. The fourth-order valence-corrected chi connectivity index (χ4v) is 2.30. The van der Waals surface area contributed by atoms with E-state index in [9.17, 15) is 0 Å². The van der Waals surface area contributed by atoms with Gasteiger partial charge in [0, 0.05) is 12.4 Å². The van der Waals surface area contributed by atoms with Crippen LogP contribution in [0, 0.1) is 0 Å². The molecule has 0 aliphatic heterocycles. The van der Waals surface area contributed by atoms with Crippen molar-refractivity contribution in [1.29, 1.82) is 0 Å². The van der Waals surface area contributed by atoms with Gasteiger partial charge in [-0.3, -0.25) is 4.98 Å². The number of nitrogens with zero attached hydrogens (tertiary/aromatic N) is 1. The molecule has 2 nitrogen and oxygen atoms in total. The largest absolute Gasteiger partial charge is 0.330 e. The van der Waals surface area contributed by atoms with E-state index in [1.165, 1.54) is 16.7 Å². The second-order valence-corrected chi connectivity index (χ2v) is 4.54. The molecule has 1 atom stereocenters. The lowest BCUT2D eigenvalue weighted by Crippen LogP contribution is -2.06. The molecule has 1 aromatic carbocycles. The van der Waals surface area contributed by atoms with Gasteiger partial charge in [0.1, 0.15) is 0 Å². The van der Waals surface area contributed by atoms with Gasteiger partial charge < -0.3 is 5.73 Å². The molecule has 0 bridgehead atoms. The maximum Gasteiger partial charge on any atom is 0.0273 e. The molecule has 0 radical (unpaired) electrons. The number of aromatic nitrogens is 1. The van der Waals surface area contributed by atoms with Crippen molar-refractivity contribution in [3.8, 4) is 11.1 Å². The summed E-state index contributed by atoms with van der Waals surface area (Å²) in [5.74, 6) is 0.585. The van der Waals surface area contributed by atoms with E-state index >= 15 is 0 Å². The van der Waals surface area contributed by atoms with Gasteiger partial charge in [0.2, 0.25) is 0 Å². The smallest absolute Gasteiger partial charge is 0.0273 e. The Labute approximate surface area is 109 Å². The van der Waals surface area contributed by atoms with Crippen molar-refractivity contribution in [2.45, 2.75) is 25.7 Å². The molecule has 2 N–H and O–H groups in total. The summed E-state index contributed by atoms with van der Waals surface area (Å²) in [4.78, 5) is 4.04. The van der Waals surface area contributed by atoms with Crippen LogP contribution in [0.25, 0.3) is 11.1 Å². The van der Waals surface area contributed by atoms with Crippen LogP contribution in [0.1, 0.15) is 31.2 Å². The number of hydrogen-bond donors (Lipinski definition) is 1. The van der Waals surface area contributed by atoms with Crippen LogP contribution in [0.3, 0.4) is 0 Å². The molecule has 0 aliphatic carbocycles. The number of benzene rings is 1. The van der Waals surface area contributed by atoms with E-state index in [-0.39, 0.29) is 0 Å². The summed E-state index contributed by atoms with van der Waals surface area (Å²) in [5, 5.41) is 0. The molecule has 1 aromatic heterocycles. The highest BCUT2D eigenvalue weighted by Gasteiger charge is 2.08. The SMILES string of the molecule is CCC(CCN)c1ccc(-c2ccncc2)cc1. The van der Waals surface area contributed by atoms with Crippen molar-refractivity contribution >= 4 is 0 Å². The normalized spacial score (nSPS) is 12.3. The highest BCUT2D eigenvalue weighted by molar-refractivity contribution is 5.62. The lowest BCUT2D eigenvalue weighted by Gasteiger charge is -2.14. The Bertz CT molecular complexity index is 462. The van der Waals surface area contributed by atoms with Crippen LogP contribution in [-0.2, 0) is 0 Å². The van der Waals surface area contributed by atoms with Crippen molar-refractivity contribution in [2.24, 2.45) is 5.73 Å². The van der Waals surface area contributed by atoms with Gasteiger partial charge in [0.15, 0.2) is 0 Å². The van der Waals surface area contributed by atoms with Gasteiger partial charge in [-0.05, 0) is 54.1 Å². The van der Waals surface area contributed by atoms with E-state index in [0.717, 1.165) is 19.4 Å². The Morgan fingerprint density at radius 3 is 2.17 bits per heavy atom. The van der Waals surface area contributed by atoms with E-state index < -0.39 is 0 Å². The summed E-state index contributed by atoms with van der Waals surface area (Å²) in [6, 6.07) is 12.9. The Hall–Kier alpha value is -1.67. The third-order valence-electron chi connectivity index (χ3n) is 3.40. The quantitative estimate of drug-likeness (QED) is 0.867. The van der Waals surface area contributed by atoms with Gasteiger partial charge in [0.05, 0.1) is 0 Å². The van der Waals surface area contributed by atoms with Crippen LogP contribution in [0.2, 0.25) is 0 Å². The Morgan fingerprint density at radius 2 is 1.61 bits per heavy atom. The van der Waals surface area contributed by atoms with E-state index in [2.05, 4.69) is 36.2 Å². The summed E-state index contributed by atoms with van der Waals surface area (Å²) in [7, 11) is 0. The fourth-order valence-electron chi connectivity index (χ4n) is 2.30. The highest BCUT2D eigenvalue weighted by Crippen LogP contribution is 2.25. The van der Waals surface area contributed by atoms with Gasteiger partial charge in [-0.2, -0.15) is 0 Å². The van der Waals surface area contributed by atoms with Crippen LogP contribution in [0.5, 0.6) is 0 Å². The predicted octanol–water partition coefficient (Wildman–Crippen LogP) is 3.59. The molecule has 2 rings (SSSR count). The van der Waals surface area contributed by atoms with Gasteiger partial charge in [0.25, 0.3) is 0 Å². The zero-order valence-corrected chi connectivity index (χ0v) is 10.8. The highest BCUT2D eigenvalue weighted by atomic mass is 14.6. The van der Waals surface area contributed by atoms with Crippen molar-refractivity contribution in [3.63, 3.8) is 0 Å². The second kappa shape index (κ2) is 6.31. The molecule has 2 heteroatoms. The van der Waals surface area contributed by atoms with Crippen molar-refractivity contribution in [1.82, 2.24) is 4.98 Å². The standard InChI is InChI=1S/C16H20N2/c1-2-13(7-10-17)14-3-5-15(6-4-14)16-8-11-18-12-9-16/h3-6,8-9,11-13H,2,7,10,17H2,1H3. The molecule has 1 unspecified atom stereocenters. The van der Waals surface area contributed by atoms with Gasteiger partial charge in [-0.1, -0.05) is 31.2 Å². The minimum atomic E-state index is 0.585. The van der Waals surface area contributed by atoms with Crippen LogP contribution in [0.15, 0.2) is 48.8 Å². The van der Waals surface area contributed by atoms with Crippen LogP contribution >= 0.6 is 0 Å². The average molecular weight is 240 g/mol. The Kier molecular flexibility index (Phi) is 4.48. The first-order valence-electron chi connectivity index (χ1n) is 6.55. The van der Waals surface area contributed by atoms with Gasteiger partial charge >= 0.3 is 0 Å². The van der Waals surface area contributed by atoms with Crippen LogP contribution in [-0.4, -0.2) is 11.5 Å². The summed E-state index contributed by atoms with van der Waals surface area (Å²) in [5.41, 5.74) is 9.50. The minimum absolute atomic E-state index is 0.585. The topological polar surface area (TPSA) is 38.9 Å². The van der Waals surface area contributed by atoms with Crippen LogP contribution < -0.4 is 5.73 Å².